The van der Waals surface area contributed by atoms with Crippen molar-refractivity contribution in [2.75, 3.05) is 19.4 Å². The summed E-state index contributed by atoms with van der Waals surface area (Å²) < 4.78 is 27.4. The fraction of sp³-hybridized carbons (Fsp3) is 0.966. The van der Waals surface area contributed by atoms with Crippen molar-refractivity contribution >= 4 is 16.0 Å². The molecule has 0 heterocycles. The van der Waals surface area contributed by atoms with Crippen molar-refractivity contribution in [2.24, 2.45) is 58.2 Å². The molecule has 4 saturated carbocycles. The average molecular weight is 510 g/mol. The van der Waals surface area contributed by atoms with Crippen LogP contribution in [-0.4, -0.2) is 33.7 Å². The molecule has 0 aromatic rings. The van der Waals surface area contributed by atoms with E-state index in [0.29, 0.717) is 29.1 Å². The van der Waals surface area contributed by atoms with Crippen LogP contribution in [0.3, 0.4) is 0 Å². The maximum absolute atomic E-state index is 12.4. The van der Waals surface area contributed by atoms with Gasteiger partial charge in [0.2, 0.25) is 5.91 Å². The highest BCUT2D eigenvalue weighted by atomic mass is 32.2. The molecular formula is C29H51NO4S. The Morgan fingerprint density at radius 3 is 2.43 bits per heavy atom. The average Bonchev–Trinajstić information content (AvgIpc) is 3.16. The summed E-state index contributed by atoms with van der Waals surface area (Å²) in [5.41, 5.74) is 0.964. The summed E-state index contributed by atoms with van der Waals surface area (Å²) in [6.07, 6.45) is 12.6. The molecule has 0 spiro atoms. The fourth-order valence-electron chi connectivity index (χ4n) is 9.87. The molecule has 4 fully saturated rings. The van der Waals surface area contributed by atoms with Gasteiger partial charge in [-0.2, -0.15) is 8.42 Å². The third-order valence-electron chi connectivity index (χ3n) is 11.8. The van der Waals surface area contributed by atoms with Crippen molar-refractivity contribution in [3.63, 3.8) is 0 Å². The summed E-state index contributed by atoms with van der Waals surface area (Å²) in [5, 5.41) is 2.76. The van der Waals surface area contributed by atoms with Crippen molar-refractivity contribution in [3.05, 3.63) is 0 Å². The fourth-order valence-corrected chi connectivity index (χ4v) is 10.4. The molecule has 0 aromatic heterocycles. The molecular weight excluding hydrogens is 458 g/mol. The minimum absolute atomic E-state index is 0.0436. The molecule has 4 aliphatic rings. The second kappa shape index (κ2) is 10.3. The van der Waals surface area contributed by atoms with E-state index in [-0.39, 0.29) is 18.2 Å². The van der Waals surface area contributed by atoms with Crippen LogP contribution in [0.5, 0.6) is 0 Å². The number of hydrogen-bond acceptors (Lipinski definition) is 4. The van der Waals surface area contributed by atoms with Crippen LogP contribution in [-0.2, 0) is 19.1 Å². The van der Waals surface area contributed by atoms with Crippen molar-refractivity contribution in [1.82, 2.24) is 5.32 Å². The van der Waals surface area contributed by atoms with Gasteiger partial charge in [0.05, 0.1) is 12.9 Å². The van der Waals surface area contributed by atoms with Crippen LogP contribution in [0.2, 0.25) is 0 Å². The molecule has 35 heavy (non-hydrogen) atoms. The van der Waals surface area contributed by atoms with Crippen molar-refractivity contribution in [3.8, 4) is 0 Å². The van der Waals surface area contributed by atoms with Crippen LogP contribution in [0.1, 0.15) is 98.8 Å². The Bertz CT molecular complexity index is 874. The van der Waals surface area contributed by atoms with E-state index >= 15 is 0 Å². The number of amides is 1. The van der Waals surface area contributed by atoms with Crippen LogP contribution in [0, 0.1) is 58.2 Å². The number of carbonyl (C=O) groups is 1. The van der Waals surface area contributed by atoms with E-state index in [9.17, 15) is 13.2 Å². The highest BCUT2D eigenvalue weighted by Crippen LogP contribution is 2.69. The van der Waals surface area contributed by atoms with Gasteiger partial charge >= 0.3 is 0 Å². The van der Waals surface area contributed by atoms with E-state index in [1.54, 1.807) is 0 Å². The van der Waals surface area contributed by atoms with Gasteiger partial charge in [-0.3, -0.25) is 8.98 Å². The number of nitrogens with one attached hydrogen (secondary N) is 1. The van der Waals surface area contributed by atoms with Gasteiger partial charge in [0.25, 0.3) is 10.1 Å². The first-order valence-corrected chi connectivity index (χ1v) is 16.0. The molecule has 1 N–H and O–H groups in total. The SMILES string of the molecule is COS(=O)(=O)CCNC(=O)CCC(C)C1CCC2C3C(C)CC4CC(C)CCC4(C)C3CCC12C. The summed E-state index contributed by atoms with van der Waals surface area (Å²) in [6, 6.07) is 0. The van der Waals surface area contributed by atoms with Crippen molar-refractivity contribution in [2.45, 2.75) is 98.8 Å². The van der Waals surface area contributed by atoms with Crippen LogP contribution in [0.25, 0.3) is 0 Å². The Balaban J connectivity index is 1.37. The maximum atomic E-state index is 12.4. The van der Waals surface area contributed by atoms with Gasteiger partial charge in [-0.15, -0.1) is 0 Å². The van der Waals surface area contributed by atoms with E-state index in [1.807, 2.05) is 0 Å². The zero-order valence-electron chi connectivity index (χ0n) is 23.1. The summed E-state index contributed by atoms with van der Waals surface area (Å²) in [4.78, 5) is 12.4. The van der Waals surface area contributed by atoms with Gasteiger partial charge in [-0.25, -0.2) is 0 Å². The Morgan fingerprint density at radius 2 is 1.71 bits per heavy atom. The van der Waals surface area contributed by atoms with E-state index in [1.165, 1.54) is 51.4 Å². The summed E-state index contributed by atoms with van der Waals surface area (Å²) >= 11 is 0. The lowest BCUT2D eigenvalue weighted by molar-refractivity contribution is -0.142. The predicted molar refractivity (Wildman–Crippen MR) is 141 cm³/mol. The van der Waals surface area contributed by atoms with E-state index in [4.69, 9.17) is 0 Å². The molecule has 0 bridgehead atoms. The standard InChI is InChI=1S/C29H51NO4S/c1-19-11-13-28(4)22(17-19)18-21(3)27-24-9-8-23(29(24,5)14-12-25(27)28)20(2)7-10-26(31)30-15-16-35(32,33)34-6/h19-25,27H,7-18H2,1-6H3,(H,30,31). The molecule has 0 aromatic carbocycles. The predicted octanol–water partition coefficient (Wildman–Crippen LogP) is 6.04. The smallest absolute Gasteiger partial charge is 0.268 e. The van der Waals surface area contributed by atoms with Gasteiger partial charge in [-0.1, -0.05) is 41.0 Å². The molecule has 10 atom stereocenters. The molecule has 4 rings (SSSR count). The first-order valence-electron chi connectivity index (χ1n) is 14.5. The number of fused-ring (bicyclic) bond motifs is 5. The second-order valence-corrected chi connectivity index (χ2v) is 15.5. The first-order chi connectivity index (χ1) is 16.4. The molecule has 1 amide bonds. The lowest BCUT2D eigenvalue weighted by atomic mass is 9.42. The molecule has 0 radical (unpaired) electrons. The number of carbonyl (C=O) groups excluding carboxylic acids is 1. The lowest BCUT2D eigenvalue weighted by Crippen LogP contribution is -2.56. The van der Waals surface area contributed by atoms with Crippen molar-refractivity contribution in [1.29, 1.82) is 0 Å². The van der Waals surface area contributed by atoms with Crippen LogP contribution < -0.4 is 5.32 Å². The Morgan fingerprint density at radius 1 is 1.03 bits per heavy atom. The molecule has 0 aliphatic heterocycles. The van der Waals surface area contributed by atoms with E-state index in [0.717, 1.165) is 49.0 Å². The summed E-state index contributed by atoms with van der Waals surface area (Å²) in [6.45, 7) is 12.8. The first kappa shape index (κ1) is 27.4. The minimum atomic E-state index is -3.52. The Hall–Kier alpha value is -0.620. The topological polar surface area (TPSA) is 72.5 Å². The van der Waals surface area contributed by atoms with Gasteiger partial charge in [0, 0.05) is 13.0 Å². The van der Waals surface area contributed by atoms with Crippen molar-refractivity contribution < 1.29 is 17.4 Å². The third kappa shape index (κ3) is 5.22. The highest BCUT2D eigenvalue weighted by molar-refractivity contribution is 7.86. The Labute approximate surface area is 215 Å². The van der Waals surface area contributed by atoms with Crippen LogP contribution in [0.4, 0.5) is 0 Å². The largest absolute Gasteiger partial charge is 0.355 e. The minimum Gasteiger partial charge on any atom is -0.355 e. The molecule has 5 nitrogen and oxygen atoms in total. The van der Waals surface area contributed by atoms with Gasteiger partial charge in [-0.05, 0) is 110 Å². The summed E-state index contributed by atoms with van der Waals surface area (Å²) in [5.74, 6) is 6.31. The molecule has 10 unspecified atom stereocenters. The van der Waals surface area contributed by atoms with Crippen LogP contribution in [0.15, 0.2) is 0 Å². The quantitative estimate of drug-likeness (QED) is 0.405. The third-order valence-corrected chi connectivity index (χ3v) is 13.0. The van der Waals surface area contributed by atoms with Gasteiger partial charge in [0.1, 0.15) is 0 Å². The molecule has 202 valence electrons. The zero-order valence-corrected chi connectivity index (χ0v) is 24.0. The van der Waals surface area contributed by atoms with Crippen LogP contribution >= 0.6 is 0 Å². The number of rotatable bonds is 8. The molecule has 6 heteroatoms. The normalized spacial score (nSPS) is 44.1. The van der Waals surface area contributed by atoms with E-state index in [2.05, 4.69) is 44.1 Å². The highest BCUT2D eigenvalue weighted by Gasteiger charge is 2.62. The van der Waals surface area contributed by atoms with Gasteiger partial charge in [0.15, 0.2) is 0 Å². The Kier molecular flexibility index (Phi) is 8.04. The summed E-state index contributed by atoms with van der Waals surface area (Å²) in [7, 11) is -2.37. The monoisotopic (exact) mass is 509 g/mol. The number of hydrogen-bond donors (Lipinski definition) is 1. The zero-order chi connectivity index (χ0) is 25.6. The maximum Gasteiger partial charge on any atom is 0.268 e. The second-order valence-electron chi connectivity index (χ2n) is 13.6. The van der Waals surface area contributed by atoms with E-state index < -0.39 is 10.1 Å². The molecule has 4 aliphatic carbocycles. The van der Waals surface area contributed by atoms with Gasteiger partial charge < -0.3 is 5.32 Å². The lowest BCUT2D eigenvalue weighted by Gasteiger charge is -2.63. The molecule has 0 saturated heterocycles.